The van der Waals surface area contributed by atoms with Gasteiger partial charge in [0, 0.05) is 11.4 Å². The van der Waals surface area contributed by atoms with Crippen molar-refractivity contribution < 1.29 is 14.3 Å². The largest absolute Gasteiger partial charge is 0.457 e. The highest BCUT2D eigenvalue weighted by Crippen LogP contribution is 2.61. The molecule has 5 aliphatic rings. The SMILES string of the molecule is CN1CCC[C@H]1c1nc(C(=O)Nc2cccc(C(=O)OCc3ccccc3)c2)c(CCC23CC4CC(CC(C4)C2)C3)[nH]1. The van der Waals surface area contributed by atoms with Crippen LogP contribution in [0.2, 0.25) is 0 Å². The van der Waals surface area contributed by atoms with E-state index < -0.39 is 5.97 Å². The van der Waals surface area contributed by atoms with Gasteiger partial charge < -0.3 is 15.0 Å². The molecule has 4 saturated carbocycles. The van der Waals surface area contributed by atoms with E-state index in [0.29, 0.717) is 22.4 Å². The number of amides is 1. The van der Waals surface area contributed by atoms with Crippen molar-refractivity contribution in [3.63, 3.8) is 0 Å². The Morgan fingerprint density at radius 3 is 2.45 bits per heavy atom. The second-order valence-electron chi connectivity index (χ2n) is 13.6. The minimum atomic E-state index is -0.419. The summed E-state index contributed by atoms with van der Waals surface area (Å²) in [5, 5.41) is 3.03. The number of imidazole rings is 1. The molecule has 220 valence electrons. The molecule has 0 unspecified atom stereocenters. The molecule has 7 nitrogen and oxygen atoms in total. The summed E-state index contributed by atoms with van der Waals surface area (Å²) in [6.07, 6.45) is 12.6. The van der Waals surface area contributed by atoms with Crippen LogP contribution in [0.1, 0.15) is 102 Å². The summed E-state index contributed by atoms with van der Waals surface area (Å²) in [5.41, 5.74) is 3.78. The highest BCUT2D eigenvalue weighted by Gasteiger charge is 2.50. The molecule has 5 fully saturated rings. The van der Waals surface area contributed by atoms with Crippen LogP contribution in [0.5, 0.6) is 0 Å². The van der Waals surface area contributed by atoms with Gasteiger partial charge in [0.25, 0.3) is 5.91 Å². The predicted molar refractivity (Wildman–Crippen MR) is 162 cm³/mol. The molecule has 2 N–H and O–H groups in total. The van der Waals surface area contributed by atoms with Gasteiger partial charge in [0.1, 0.15) is 18.1 Å². The molecule has 0 spiro atoms. The number of anilines is 1. The summed E-state index contributed by atoms with van der Waals surface area (Å²) >= 11 is 0. The molecule has 2 heterocycles. The van der Waals surface area contributed by atoms with Crippen LogP contribution in [-0.2, 0) is 17.8 Å². The van der Waals surface area contributed by atoms with Crippen molar-refractivity contribution in [2.75, 3.05) is 18.9 Å². The van der Waals surface area contributed by atoms with Gasteiger partial charge >= 0.3 is 5.97 Å². The van der Waals surface area contributed by atoms with E-state index in [1.807, 2.05) is 30.3 Å². The van der Waals surface area contributed by atoms with Crippen molar-refractivity contribution in [3.8, 4) is 0 Å². The van der Waals surface area contributed by atoms with Gasteiger partial charge in [-0.2, -0.15) is 0 Å². The predicted octanol–water partition coefficient (Wildman–Crippen LogP) is 6.93. The number of ether oxygens (including phenoxy) is 1. The van der Waals surface area contributed by atoms with Gasteiger partial charge in [0.2, 0.25) is 0 Å². The Bertz CT molecular complexity index is 1410. The number of benzene rings is 2. The number of aromatic nitrogens is 2. The zero-order chi connectivity index (χ0) is 28.7. The molecule has 1 aromatic heterocycles. The first-order valence-corrected chi connectivity index (χ1v) is 15.8. The number of carbonyl (C=O) groups is 2. The lowest BCUT2D eigenvalue weighted by atomic mass is 9.48. The number of hydrogen-bond acceptors (Lipinski definition) is 5. The average molecular weight is 567 g/mol. The monoisotopic (exact) mass is 566 g/mol. The van der Waals surface area contributed by atoms with Crippen LogP contribution in [-0.4, -0.2) is 40.3 Å². The quantitative estimate of drug-likeness (QED) is 0.274. The van der Waals surface area contributed by atoms with Crippen LogP contribution in [0.25, 0.3) is 0 Å². The number of aryl methyl sites for hydroxylation is 1. The van der Waals surface area contributed by atoms with E-state index in [-0.39, 0.29) is 18.6 Å². The lowest BCUT2D eigenvalue weighted by Gasteiger charge is -2.57. The van der Waals surface area contributed by atoms with Gasteiger partial charge in [-0.25, -0.2) is 9.78 Å². The van der Waals surface area contributed by atoms with Crippen LogP contribution in [0.3, 0.4) is 0 Å². The average Bonchev–Trinajstić information content (AvgIpc) is 3.61. The van der Waals surface area contributed by atoms with Gasteiger partial charge in [0.15, 0.2) is 0 Å². The van der Waals surface area contributed by atoms with Crippen molar-refractivity contribution in [2.45, 2.75) is 76.9 Å². The van der Waals surface area contributed by atoms with Crippen molar-refractivity contribution in [3.05, 3.63) is 82.9 Å². The van der Waals surface area contributed by atoms with Crippen LogP contribution in [0.15, 0.2) is 54.6 Å². The lowest BCUT2D eigenvalue weighted by Crippen LogP contribution is -2.46. The number of likely N-dealkylation sites (tertiary alicyclic amines) is 1. The van der Waals surface area contributed by atoms with E-state index in [1.54, 1.807) is 24.3 Å². The second-order valence-corrected chi connectivity index (χ2v) is 13.6. The number of nitrogens with zero attached hydrogens (tertiary/aromatic N) is 2. The van der Waals surface area contributed by atoms with Crippen molar-refractivity contribution in [1.82, 2.24) is 14.9 Å². The van der Waals surface area contributed by atoms with Gasteiger partial charge in [-0.3, -0.25) is 9.69 Å². The summed E-state index contributed by atoms with van der Waals surface area (Å²) in [6, 6.07) is 16.8. The number of rotatable bonds is 9. The zero-order valence-corrected chi connectivity index (χ0v) is 24.6. The van der Waals surface area contributed by atoms with Crippen LogP contribution >= 0.6 is 0 Å². The zero-order valence-electron chi connectivity index (χ0n) is 24.6. The van der Waals surface area contributed by atoms with Crippen molar-refractivity contribution >= 4 is 17.6 Å². The number of esters is 1. The minimum Gasteiger partial charge on any atom is -0.457 e. The minimum absolute atomic E-state index is 0.203. The number of H-pyrrole nitrogens is 1. The van der Waals surface area contributed by atoms with Crippen molar-refractivity contribution in [2.24, 2.45) is 23.2 Å². The van der Waals surface area contributed by atoms with Gasteiger partial charge in [-0.1, -0.05) is 36.4 Å². The molecule has 1 atom stereocenters. The Hall–Kier alpha value is -3.45. The normalized spacial score (nSPS) is 28.2. The Balaban J connectivity index is 1.07. The Labute approximate surface area is 248 Å². The van der Waals surface area contributed by atoms with Crippen molar-refractivity contribution in [1.29, 1.82) is 0 Å². The Kier molecular flexibility index (Phi) is 7.39. The van der Waals surface area contributed by atoms with Gasteiger partial charge in [-0.05, 0) is 125 Å². The Morgan fingerprint density at radius 2 is 1.76 bits per heavy atom. The summed E-state index contributed by atoms with van der Waals surface area (Å²) in [6.45, 7) is 1.25. The van der Waals surface area contributed by atoms with Crippen LogP contribution in [0.4, 0.5) is 5.69 Å². The van der Waals surface area contributed by atoms with Gasteiger partial charge in [0.05, 0.1) is 11.6 Å². The smallest absolute Gasteiger partial charge is 0.338 e. The van der Waals surface area contributed by atoms with E-state index >= 15 is 0 Å². The molecular formula is C35H42N4O3. The molecule has 2 aromatic carbocycles. The molecule has 1 saturated heterocycles. The highest BCUT2D eigenvalue weighted by atomic mass is 16.5. The topological polar surface area (TPSA) is 87.3 Å². The fraction of sp³-hybridized carbons (Fsp3) is 0.514. The van der Waals surface area contributed by atoms with E-state index in [2.05, 4.69) is 22.2 Å². The number of nitrogens with one attached hydrogen (secondary N) is 2. The molecule has 0 radical (unpaired) electrons. The summed E-state index contributed by atoms with van der Waals surface area (Å²) in [4.78, 5) is 37.4. The third-order valence-corrected chi connectivity index (χ3v) is 10.5. The molecule has 4 aliphatic carbocycles. The summed E-state index contributed by atoms with van der Waals surface area (Å²) in [7, 11) is 2.14. The maximum atomic E-state index is 13.7. The summed E-state index contributed by atoms with van der Waals surface area (Å²) < 4.78 is 5.51. The van der Waals surface area contributed by atoms with E-state index in [4.69, 9.17) is 9.72 Å². The maximum absolute atomic E-state index is 13.7. The van der Waals surface area contributed by atoms with E-state index in [9.17, 15) is 9.59 Å². The molecule has 1 amide bonds. The maximum Gasteiger partial charge on any atom is 0.338 e. The molecule has 42 heavy (non-hydrogen) atoms. The first kappa shape index (κ1) is 27.4. The first-order chi connectivity index (χ1) is 20.4. The third-order valence-electron chi connectivity index (χ3n) is 10.5. The molecule has 3 aromatic rings. The fourth-order valence-electron chi connectivity index (χ4n) is 8.92. The number of hydrogen-bond donors (Lipinski definition) is 2. The van der Waals surface area contributed by atoms with Crippen LogP contribution < -0.4 is 5.32 Å². The fourth-order valence-corrected chi connectivity index (χ4v) is 8.92. The summed E-state index contributed by atoms with van der Waals surface area (Å²) in [5.74, 6) is 2.99. The first-order valence-electron chi connectivity index (χ1n) is 15.8. The van der Waals surface area contributed by atoms with E-state index in [0.717, 1.165) is 67.1 Å². The second kappa shape index (κ2) is 11.3. The standard InChI is InChI=1S/C35H42N4O3/c1-39-14-6-11-30(39)32-37-29(12-13-35-19-24-15-25(20-35)17-26(16-24)21-35)31(38-32)33(40)36-28-10-5-9-27(18-28)34(41)42-22-23-7-3-2-4-8-23/h2-5,7-10,18,24-26,30H,6,11-17,19-22H2,1H3,(H,36,40)(H,37,38)/t24?,25?,26?,30-,35?/m0/s1. The number of aromatic amines is 1. The van der Waals surface area contributed by atoms with Gasteiger partial charge in [-0.15, -0.1) is 0 Å². The molecule has 4 bridgehead atoms. The highest BCUT2D eigenvalue weighted by molar-refractivity contribution is 6.04. The molecular weight excluding hydrogens is 524 g/mol. The molecule has 8 rings (SSSR count). The molecule has 7 heteroatoms. The number of carbonyl (C=O) groups excluding carboxylic acids is 2. The third kappa shape index (κ3) is 5.63. The molecule has 1 aliphatic heterocycles. The Morgan fingerprint density at radius 1 is 1.02 bits per heavy atom. The van der Waals surface area contributed by atoms with Crippen LogP contribution in [0, 0.1) is 23.2 Å². The lowest BCUT2D eigenvalue weighted by molar-refractivity contribution is -0.0570. The van der Waals surface area contributed by atoms with E-state index in [1.165, 1.54) is 38.5 Å².